The smallest absolute Gasteiger partial charge is 0.335 e. The van der Waals surface area contributed by atoms with E-state index in [1.165, 1.54) is 18.2 Å². The first-order valence-electron chi connectivity index (χ1n) is 5.78. The summed E-state index contributed by atoms with van der Waals surface area (Å²) >= 11 is 1.95. The Morgan fingerprint density at radius 3 is 2.71 bits per heavy atom. The average Bonchev–Trinajstić information content (AvgIpc) is 2.43. The van der Waals surface area contributed by atoms with E-state index in [1.54, 1.807) is 6.07 Å². The summed E-state index contributed by atoms with van der Waals surface area (Å²) in [5.41, 5.74) is 0.0505. The molecular weight excluding hydrogens is 391 g/mol. The van der Waals surface area contributed by atoms with Gasteiger partial charge >= 0.3 is 12.0 Å². The quantitative estimate of drug-likeness (QED) is 0.491. The number of rotatable bonds is 6. The maximum Gasteiger partial charge on any atom is 0.335 e. The van der Waals surface area contributed by atoms with Crippen LogP contribution in [-0.4, -0.2) is 36.2 Å². The molecular formula is C13H13IN2O5. The van der Waals surface area contributed by atoms with E-state index in [9.17, 15) is 14.4 Å². The van der Waals surface area contributed by atoms with Crippen LogP contribution >= 0.6 is 22.6 Å². The summed E-state index contributed by atoms with van der Waals surface area (Å²) in [6.45, 7) is 3.25. The molecule has 1 aromatic carbocycles. The van der Waals surface area contributed by atoms with Gasteiger partial charge in [0.05, 0.1) is 9.13 Å². The van der Waals surface area contributed by atoms with Gasteiger partial charge < -0.3 is 15.2 Å². The summed E-state index contributed by atoms with van der Waals surface area (Å²) in [5, 5.41) is 13.3. The normalized spacial score (nSPS) is 9.57. The highest BCUT2D eigenvalue weighted by Gasteiger charge is 2.11. The van der Waals surface area contributed by atoms with E-state index in [4.69, 9.17) is 9.84 Å². The molecule has 0 aliphatic rings. The minimum Gasteiger partial charge on any atom is -0.483 e. The summed E-state index contributed by atoms with van der Waals surface area (Å²) in [7, 11) is 0. The molecule has 0 radical (unpaired) electrons. The molecule has 0 heterocycles. The highest BCUT2D eigenvalue weighted by molar-refractivity contribution is 14.1. The van der Waals surface area contributed by atoms with Crippen molar-refractivity contribution in [3.63, 3.8) is 0 Å². The van der Waals surface area contributed by atoms with Gasteiger partial charge in [-0.2, -0.15) is 0 Å². The molecule has 0 saturated heterocycles. The van der Waals surface area contributed by atoms with Crippen molar-refractivity contribution in [2.24, 2.45) is 0 Å². The lowest BCUT2D eigenvalue weighted by molar-refractivity contribution is -0.122. The number of benzene rings is 1. The van der Waals surface area contributed by atoms with Crippen LogP contribution in [0.4, 0.5) is 4.79 Å². The van der Waals surface area contributed by atoms with E-state index in [0.717, 1.165) is 0 Å². The lowest BCUT2D eigenvalue weighted by Crippen LogP contribution is -2.41. The molecule has 1 aromatic rings. The largest absolute Gasteiger partial charge is 0.483 e. The molecule has 0 atom stereocenters. The fraction of sp³-hybridized carbons (Fsp3) is 0.154. The molecule has 0 aliphatic heterocycles. The highest BCUT2D eigenvalue weighted by Crippen LogP contribution is 2.22. The van der Waals surface area contributed by atoms with Crippen molar-refractivity contribution in [1.29, 1.82) is 0 Å². The number of ether oxygens (including phenoxy) is 1. The van der Waals surface area contributed by atoms with Crippen molar-refractivity contribution < 1.29 is 24.2 Å². The Morgan fingerprint density at radius 2 is 2.10 bits per heavy atom. The van der Waals surface area contributed by atoms with Crippen LogP contribution in [0, 0.1) is 3.57 Å². The molecule has 21 heavy (non-hydrogen) atoms. The molecule has 8 heteroatoms. The number of carboxylic acids is 1. The van der Waals surface area contributed by atoms with Crippen LogP contribution in [0.1, 0.15) is 10.4 Å². The number of hydrogen-bond acceptors (Lipinski definition) is 4. The van der Waals surface area contributed by atoms with Gasteiger partial charge in [-0.05, 0) is 40.8 Å². The molecule has 3 N–H and O–H groups in total. The summed E-state index contributed by atoms with van der Waals surface area (Å²) < 4.78 is 5.87. The Bertz CT molecular complexity index is 574. The molecule has 0 bridgehead atoms. The van der Waals surface area contributed by atoms with Crippen molar-refractivity contribution in [2.45, 2.75) is 0 Å². The number of carbonyl (C=O) groups is 3. The number of nitrogens with one attached hydrogen (secondary N) is 2. The van der Waals surface area contributed by atoms with E-state index in [-0.39, 0.29) is 17.9 Å². The van der Waals surface area contributed by atoms with Crippen LogP contribution in [0.3, 0.4) is 0 Å². The van der Waals surface area contributed by atoms with Crippen molar-refractivity contribution in [3.05, 3.63) is 40.0 Å². The Kier molecular flexibility index (Phi) is 6.66. The lowest BCUT2D eigenvalue weighted by atomic mass is 10.2. The molecule has 0 unspecified atom stereocenters. The zero-order valence-corrected chi connectivity index (χ0v) is 13.0. The van der Waals surface area contributed by atoms with Crippen molar-refractivity contribution in [1.82, 2.24) is 10.6 Å². The van der Waals surface area contributed by atoms with Gasteiger partial charge in [-0.15, -0.1) is 6.58 Å². The van der Waals surface area contributed by atoms with Crippen molar-refractivity contribution >= 4 is 40.5 Å². The number of aromatic carboxylic acids is 1. The summed E-state index contributed by atoms with van der Waals surface area (Å²) in [5.74, 6) is -1.48. The van der Waals surface area contributed by atoms with Gasteiger partial charge in [0, 0.05) is 6.54 Å². The lowest BCUT2D eigenvalue weighted by Gasteiger charge is -2.09. The number of imide groups is 1. The molecule has 7 nitrogen and oxygen atoms in total. The van der Waals surface area contributed by atoms with Crippen LogP contribution in [0.5, 0.6) is 5.75 Å². The van der Waals surface area contributed by atoms with Crippen LogP contribution < -0.4 is 15.4 Å². The van der Waals surface area contributed by atoms with Gasteiger partial charge in [0.15, 0.2) is 6.61 Å². The molecule has 0 fully saturated rings. The van der Waals surface area contributed by atoms with Gasteiger partial charge in [0.2, 0.25) is 0 Å². The highest BCUT2D eigenvalue weighted by atomic mass is 127. The summed E-state index contributed by atoms with van der Waals surface area (Å²) in [4.78, 5) is 33.5. The minimum atomic E-state index is -1.09. The third-order valence-electron chi connectivity index (χ3n) is 2.20. The maximum absolute atomic E-state index is 11.5. The molecule has 0 aliphatic carbocycles. The minimum absolute atomic E-state index is 0.0505. The first-order chi connectivity index (χ1) is 9.93. The van der Waals surface area contributed by atoms with Crippen LogP contribution in [-0.2, 0) is 4.79 Å². The zero-order valence-electron chi connectivity index (χ0n) is 10.9. The molecule has 0 saturated carbocycles. The molecule has 1 rings (SSSR count). The van der Waals surface area contributed by atoms with E-state index >= 15 is 0 Å². The van der Waals surface area contributed by atoms with Gasteiger partial charge in [-0.3, -0.25) is 10.1 Å². The van der Waals surface area contributed by atoms with E-state index in [2.05, 4.69) is 17.2 Å². The Balaban J connectivity index is 2.56. The second-order valence-electron chi connectivity index (χ2n) is 3.79. The molecule has 3 amide bonds. The number of amides is 3. The number of carbonyl (C=O) groups excluding carboxylic acids is 2. The summed E-state index contributed by atoms with van der Waals surface area (Å²) in [6, 6.07) is 3.65. The standard InChI is InChI=1S/C13H13IN2O5/c1-2-5-15-13(20)16-11(17)7-21-10-6-8(12(18)19)3-4-9(10)14/h2-4,6H,1,5,7H2,(H,18,19)(H2,15,16,17,20). The van der Waals surface area contributed by atoms with Gasteiger partial charge in [0.25, 0.3) is 5.91 Å². The molecule has 0 spiro atoms. The monoisotopic (exact) mass is 404 g/mol. The number of urea groups is 1. The second-order valence-corrected chi connectivity index (χ2v) is 4.95. The second kappa shape index (κ2) is 8.25. The Hall–Kier alpha value is -2.10. The first kappa shape index (κ1) is 17.0. The summed E-state index contributed by atoms with van der Waals surface area (Å²) in [6.07, 6.45) is 1.47. The maximum atomic E-state index is 11.5. The van der Waals surface area contributed by atoms with Crippen molar-refractivity contribution in [3.8, 4) is 5.75 Å². The van der Waals surface area contributed by atoms with Gasteiger partial charge in [-0.1, -0.05) is 6.08 Å². The van der Waals surface area contributed by atoms with Gasteiger partial charge in [0.1, 0.15) is 5.75 Å². The zero-order chi connectivity index (χ0) is 15.8. The van der Waals surface area contributed by atoms with E-state index in [1.807, 2.05) is 22.6 Å². The predicted molar refractivity (Wildman–Crippen MR) is 83.4 cm³/mol. The topological polar surface area (TPSA) is 105 Å². The van der Waals surface area contributed by atoms with Crippen LogP contribution in [0.2, 0.25) is 0 Å². The predicted octanol–water partition coefficient (Wildman–Crippen LogP) is 1.38. The molecule has 0 aromatic heterocycles. The van der Waals surface area contributed by atoms with Crippen LogP contribution in [0.25, 0.3) is 0 Å². The third-order valence-corrected chi connectivity index (χ3v) is 3.09. The van der Waals surface area contributed by atoms with Crippen molar-refractivity contribution in [2.75, 3.05) is 13.2 Å². The SMILES string of the molecule is C=CCNC(=O)NC(=O)COc1cc(C(=O)O)ccc1I. The third kappa shape index (κ3) is 5.81. The van der Waals surface area contributed by atoms with E-state index in [0.29, 0.717) is 3.57 Å². The number of hydrogen-bond donors (Lipinski definition) is 3. The first-order valence-corrected chi connectivity index (χ1v) is 6.86. The van der Waals surface area contributed by atoms with E-state index < -0.39 is 24.5 Å². The van der Waals surface area contributed by atoms with Crippen LogP contribution in [0.15, 0.2) is 30.9 Å². The fourth-order valence-electron chi connectivity index (χ4n) is 1.26. The van der Waals surface area contributed by atoms with Gasteiger partial charge in [-0.25, -0.2) is 9.59 Å². The Morgan fingerprint density at radius 1 is 1.38 bits per heavy atom. The Labute approximate surface area is 134 Å². The number of halogens is 1. The fourth-order valence-corrected chi connectivity index (χ4v) is 1.75. The molecule has 112 valence electrons. The average molecular weight is 404 g/mol. The number of carboxylic acid groups (broad SMARTS) is 1.